The van der Waals surface area contributed by atoms with Gasteiger partial charge in [0.2, 0.25) is 5.91 Å². The maximum absolute atomic E-state index is 11.9. The van der Waals surface area contributed by atoms with Gasteiger partial charge >= 0.3 is 0 Å². The van der Waals surface area contributed by atoms with Gasteiger partial charge in [0.05, 0.1) is 6.61 Å². The number of rotatable bonds is 2. The van der Waals surface area contributed by atoms with Crippen molar-refractivity contribution in [3.8, 4) is 0 Å². The van der Waals surface area contributed by atoms with Gasteiger partial charge in [-0.05, 0) is 19.4 Å². The van der Waals surface area contributed by atoms with E-state index in [0.717, 1.165) is 11.8 Å². The molecule has 0 saturated carbocycles. The summed E-state index contributed by atoms with van der Waals surface area (Å²) < 4.78 is 5.65. The molecule has 1 unspecified atom stereocenters. The number of amides is 1. The van der Waals surface area contributed by atoms with Gasteiger partial charge in [0.15, 0.2) is 6.29 Å². The summed E-state index contributed by atoms with van der Waals surface area (Å²) in [5, 5.41) is 0. The summed E-state index contributed by atoms with van der Waals surface area (Å²) in [7, 11) is 0. The molecule has 2 rings (SSSR count). The number of hydrogen-bond donors (Lipinski definition) is 0. The van der Waals surface area contributed by atoms with E-state index in [4.69, 9.17) is 4.74 Å². The zero-order valence-electron chi connectivity index (χ0n) is 10.8. The van der Waals surface area contributed by atoms with Crippen molar-refractivity contribution >= 4 is 12.2 Å². The van der Waals surface area contributed by atoms with E-state index in [-0.39, 0.29) is 12.5 Å². The lowest BCUT2D eigenvalue weighted by atomic mass is 9.90. The van der Waals surface area contributed by atoms with Gasteiger partial charge in [-0.3, -0.25) is 9.69 Å². The highest BCUT2D eigenvalue weighted by atomic mass is 16.5. The molecule has 4 nitrogen and oxygen atoms in total. The number of carbonyl (C=O) groups excluding carboxylic acids is 2. The number of ether oxygens (including phenoxy) is 1. The quantitative estimate of drug-likeness (QED) is 0.747. The Hall–Kier alpha value is -1.68. The van der Waals surface area contributed by atoms with Gasteiger partial charge in [-0.15, -0.1) is 0 Å². The molecule has 1 aliphatic heterocycles. The van der Waals surface area contributed by atoms with Gasteiger partial charge in [0, 0.05) is 6.92 Å². The van der Waals surface area contributed by atoms with Crippen LogP contribution >= 0.6 is 0 Å². The fraction of sp³-hybridized carbons (Fsp3) is 0.429. The van der Waals surface area contributed by atoms with Crippen LogP contribution in [0.25, 0.3) is 0 Å². The predicted octanol–water partition coefficient (Wildman–Crippen LogP) is 1.70. The van der Waals surface area contributed by atoms with Gasteiger partial charge in [0.1, 0.15) is 11.3 Å². The Balaban J connectivity index is 2.57. The Labute approximate surface area is 107 Å². The molecule has 96 valence electrons. The third kappa shape index (κ3) is 1.73. The van der Waals surface area contributed by atoms with Crippen LogP contribution in [0.3, 0.4) is 0 Å². The molecule has 0 bridgehead atoms. The van der Waals surface area contributed by atoms with Crippen LogP contribution < -0.4 is 0 Å². The standard InChI is InChI=1S/C14H17NO3/c1-11(17)15-13(2,3)18-10-14(15,9-16)12-7-5-4-6-8-12/h4-9H,10H2,1-3H3. The normalized spacial score (nSPS) is 26.1. The molecule has 0 aliphatic carbocycles. The highest BCUT2D eigenvalue weighted by molar-refractivity contribution is 5.82. The zero-order valence-corrected chi connectivity index (χ0v) is 10.8. The summed E-state index contributed by atoms with van der Waals surface area (Å²) in [6, 6.07) is 9.26. The summed E-state index contributed by atoms with van der Waals surface area (Å²) in [4.78, 5) is 25.1. The van der Waals surface area contributed by atoms with Crippen molar-refractivity contribution in [3.05, 3.63) is 35.9 Å². The molecule has 1 saturated heterocycles. The fourth-order valence-electron chi connectivity index (χ4n) is 2.65. The van der Waals surface area contributed by atoms with E-state index in [2.05, 4.69) is 0 Å². The fourth-order valence-corrected chi connectivity index (χ4v) is 2.65. The Kier molecular flexibility index (Phi) is 2.99. The van der Waals surface area contributed by atoms with E-state index in [0.29, 0.717) is 0 Å². The molecular formula is C14H17NO3. The van der Waals surface area contributed by atoms with Crippen LogP contribution in [0.15, 0.2) is 30.3 Å². The second-order valence-electron chi connectivity index (χ2n) is 5.00. The van der Waals surface area contributed by atoms with Crippen molar-refractivity contribution in [2.24, 2.45) is 0 Å². The van der Waals surface area contributed by atoms with Gasteiger partial charge in [-0.25, -0.2) is 0 Å². The van der Waals surface area contributed by atoms with Crippen LogP contribution in [0.5, 0.6) is 0 Å². The number of nitrogens with zero attached hydrogens (tertiary/aromatic N) is 1. The largest absolute Gasteiger partial charge is 0.353 e. The monoisotopic (exact) mass is 247 g/mol. The third-order valence-electron chi connectivity index (χ3n) is 3.37. The first-order valence-electron chi connectivity index (χ1n) is 5.91. The van der Waals surface area contributed by atoms with E-state index in [1.165, 1.54) is 11.8 Å². The topological polar surface area (TPSA) is 46.6 Å². The lowest BCUT2D eigenvalue weighted by molar-refractivity contribution is -0.150. The first kappa shape index (κ1) is 12.8. The number of benzene rings is 1. The molecule has 1 heterocycles. The van der Waals surface area contributed by atoms with Crippen molar-refractivity contribution in [1.29, 1.82) is 0 Å². The molecule has 1 fully saturated rings. The van der Waals surface area contributed by atoms with E-state index in [9.17, 15) is 9.59 Å². The molecule has 1 atom stereocenters. The minimum atomic E-state index is -1.02. The molecule has 1 aromatic rings. The molecule has 0 N–H and O–H groups in total. The third-order valence-corrected chi connectivity index (χ3v) is 3.37. The Morgan fingerprint density at radius 2 is 1.94 bits per heavy atom. The summed E-state index contributed by atoms with van der Waals surface area (Å²) in [6.45, 7) is 5.23. The lowest BCUT2D eigenvalue weighted by Crippen LogP contribution is -2.54. The summed E-state index contributed by atoms with van der Waals surface area (Å²) in [5.74, 6) is -0.173. The molecule has 4 heteroatoms. The second-order valence-corrected chi connectivity index (χ2v) is 5.00. The SMILES string of the molecule is CC(=O)N1C(C)(C)OCC1(C=O)c1ccccc1. The summed E-state index contributed by atoms with van der Waals surface area (Å²) in [5.41, 5.74) is -1.01. The number of aldehydes is 1. The highest BCUT2D eigenvalue weighted by Crippen LogP contribution is 2.40. The van der Waals surface area contributed by atoms with Crippen molar-refractivity contribution in [3.63, 3.8) is 0 Å². The first-order chi connectivity index (χ1) is 8.44. The Bertz CT molecular complexity index is 469. The van der Waals surface area contributed by atoms with Crippen LogP contribution in [0.4, 0.5) is 0 Å². The van der Waals surface area contributed by atoms with Crippen LogP contribution in [0, 0.1) is 0 Å². The minimum Gasteiger partial charge on any atom is -0.353 e. The smallest absolute Gasteiger partial charge is 0.222 e. The van der Waals surface area contributed by atoms with Crippen molar-refractivity contribution in [2.45, 2.75) is 32.0 Å². The zero-order chi connectivity index (χ0) is 13.4. The van der Waals surface area contributed by atoms with Crippen molar-refractivity contribution in [2.75, 3.05) is 6.61 Å². The minimum absolute atomic E-state index is 0.173. The molecule has 1 amide bonds. The Morgan fingerprint density at radius 1 is 1.33 bits per heavy atom. The molecule has 18 heavy (non-hydrogen) atoms. The molecular weight excluding hydrogens is 230 g/mol. The summed E-state index contributed by atoms with van der Waals surface area (Å²) >= 11 is 0. The Morgan fingerprint density at radius 3 is 2.44 bits per heavy atom. The van der Waals surface area contributed by atoms with Gasteiger partial charge in [-0.1, -0.05) is 30.3 Å². The van der Waals surface area contributed by atoms with Crippen LogP contribution in [-0.4, -0.2) is 29.4 Å². The van der Waals surface area contributed by atoms with Crippen LogP contribution in [0.2, 0.25) is 0 Å². The maximum Gasteiger partial charge on any atom is 0.222 e. The van der Waals surface area contributed by atoms with E-state index in [1.54, 1.807) is 13.8 Å². The molecule has 0 spiro atoms. The van der Waals surface area contributed by atoms with E-state index >= 15 is 0 Å². The number of carbonyl (C=O) groups is 2. The van der Waals surface area contributed by atoms with Gasteiger partial charge in [-0.2, -0.15) is 0 Å². The first-order valence-corrected chi connectivity index (χ1v) is 5.91. The summed E-state index contributed by atoms with van der Waals surface area (Å²) in [6.07, 6.45) is 0.804. The molecule has 1 aromatic carbocycles. The van der Waals surface area contributed by atoms with Crippen LogP contribution in [-0.2, 0) is 19.9 Å². The predicted molar refractivity (Wildman–Crippen MR) is 66.7 cm³/mol. The average molecular weight is 247 g/mol. The van der Waals surface area contributed by atoms with Gasteiger partial charge in [0.25, 0.3) is 0 Å². The highest BCUT2D eigenvalue weighted by Gasteiger charge is 2.54. The second kappa shape index (κ2) is 4.21. The molecule has 0 aromatic heterocycles. The maximum atomic E-state index is 11.9. The average Bonchev–Trinajstić information content (AvgIpc) is 2.63. The lowest BCUT2D eigenvalue weighted by Gasteiger charge is -2.38. The van der Waals surface area contributed by atoms with Crippen molar-refractivity contribution in [1.82, 2.24) is 4.90 Å². The molecule has 0 radical (unpaired) electrons. The van der Waals surface area contributed by atoms with E-state index in [1.807, 2.05) is 30.3 Å². The van der Waals surface area contributed by atoms with E-state index < -0.39 is 11.3 Å². The van der Waals surface area contributed by atoms with Crippen LogP contribution in [0.1, 0.15) is 26.3 Å². The molecule has 1 aliphatic rings. The number of hydrogen-bond acceptors (Lipinski definition) is 3. The van der Waals surface area contributed by atoms with Gasteiger partial charge < -0.3 is 9.53 Å². The van der Waals surface area contributed by atoms with Crippen molar-refractivity contribution < 1.29 is 14.3 Å².